The maximum atomic E-state index is 14.0. The van der Waals surface area contributed by atoms with Crippen LogP contribution in [0.3, 0.4) is 0 Å². The number of alkyl halides is 3. The summed E-state index contributed by atoms with van der Waals surface area (Å²) in [6.45, 7) is 4.48. The Balaban J connectivity index is 2.14. The van der Waals surface area contributed by atoms with E-state index in [1.54, 1.807) is 43.3 Å². The maximum Gasteiger partial charge on any atom is 0.416 e. The molecule has 7 nitrogen and oxygen atoms in total. The van der Waals surface area contributed by atoms with Crippen molar-refractivity contribution in [1.29, 1.82) is 0 Å². The number of hydrogen-bond donors (Lipinski definition) is 1. The summed E-state index contributed by atoms with van der Waals surface area (Å²) in [6, 6.07) is 16.9. The zero-order valence-electron chi connectivity index (χ0n) is 23.4. The summed E-state index contributed by atoms with van der Waals surface area (Å²) in [4.78, 5) is 28.3. The van der Waals surface area contributed by atoms with E-state index in [-0.39, 0.29) is 28.9 Å². The minimum absolute atomic E-state index is 0.0400. The second-order valence-electron chi connectivity index (χ2n) is 9.74. The van der Waals surface area contributed by atoms with Crippen molar-refractivity contribution in [3.05, 3.63) is 95.0 Å². The first-order valence-corrected chi connectivity index (χ1v) is 15.2. The Hall–Kier alpha value is -3.57. The van der Waals surface area contributed by atoms with Crippen LogP contribution >= 0.6 is 11.6 Å². The van der Waals surface area contributed by atoms with E-state index >= 15 is 0 Å². The van der Waals surface area contributed by atoms with Gasteiger partial charge >= 0.3 is 6.18 Å². The standard InChI is InChI=1S/C30H33ClF3N3O4S/c1-4-21(3)35-29(39)26(5-2)36(19-22-12-8-6-9-13-22)28(38)20-37(42(40,41)24-14-10-7-11-15-24)27-18-23(30(32,33)34)16-17-25(27)31/h6-18,21,26H,4-5,19-20H2,1-3H3,(H,35,39)/t21-,26+/m1/s1. The molecule has 2 amide bonds. The van der Waals surface area contributed by atoms with Crippen LogP contribution in [-0.2, 0) is 32.3 Å². The van der Waals surface area contributed by atoms with Gasteiger partial charge in [-0.3, -0.25) is 13.9 Å². The van der Waals surface area contributed by atoms with Gasteiger partial charge in [0.15, 0.2) is 0 Å². The smallest absolute Gasteiger partial charge is 0.352 e. The van der Waals surface area contributed by atoms with Crippen molar-refractivity contribution in [2.24, 2.45) is 0 Å². The summed E-state index contributed by atoms with van der Waals surface area (Å²) < 4.78 is 69.3. The monoisotopic (exact) mass is 623 g/mol. The number of anilines is 1. The van der Waals surface area contributed by atoms with Crippen LogP contribution in [0.1, 0.15) is 44.7 Å². The van der Waals surface area contributed by atoms with E-state index in [9.17, 15) is 31.2 Å². The number of benzene rings is 3. The van der Waals surface area contributed by atoms with Gasteiger partial charge in [-0.2, -0.15) is 13.2 Å². The molecule has 12 heteroatoms. The highest BCUT2D eigenvalue weighted by Gasteiger charge is 2.37. The molecular weight excluding hydrogens is 591 g/mol. The Labute approximate surface area is 249 Å². The van der Waals surface area contributed by atoms with Crippen LogP contribution in [0.2, 0.25) is 5.02 Å². The fraction of sp³-hybridized carbons (Fsp3) is 0.333. The number of sulfonamides is 1. The Morgan fingerprint density at radius 3 is 2.07 bits per heavy atom. The van der Waals surface area contributed by atoms with Gasteiger partial charge in [-0.1, -0.05) is 74.0 Å². The van der Waals surface area contributed by atoms with Gasteiger partial charge < -0.3 is 10.2 Å². The highest BCUT2D eigenvalue weighted by atomic mass is 35.5. The van der Waals surface area contributed by atoms with Crippen molar-refractivity contribution in [3.63, 3.8) is 0 Å². The Morgan fingerprint density at radius 1 is 0.929 bits per heavy atom. The molecule has 0 saturated heterocycles. The molecule has 0 unspecified atom stereocenters. The summed E-state index contributed by atoms with van der Waals surface area (Å²) >= 11 is 6.28. The van der Waals surface area contributed by atoms with Crippen molar-refractivity contribution in [2.75, 3.05) is 10.8 Å². The van der Waals surface area contributed by atoms with Gasteiger partial charge in [0.25, 0.3) is 10.0 Å². The van der Waals surface area contributed by atoms with Gasteiger partial charge in [-0.25, -0.2) is 8.42 Å². The zero-order chi connectivity index (χ0) is 31.1. The van der Waals surface area contributed by atoms with Crippen LogP contribution in [-0.4, -0.2) is 43.8 Å². The predicted octanol–water partition coefficient (Wildman–Crippen LogP) is 6.28. The SMILES string of the molecule is CC[C@@H](C)NC(=O)[C@H](CC)N(Cc1ccccc1)C(=O)CN(c1cc(C(F)(F)F)ccc1Cl)S(=O)(=O)c1ccccc1. The number of amides is 2. The summed E-state index contributed by atoms with van der Waals surface area (Å²) in [5.74, 6) is -1.22. The highest BCUT2D eigenvalue weighted by Crippen LogP contribution is 2.37. The molecule has 42 heavy (non-hydrogen) atoms. The van der Waals surface area contributed by atoms with Gasteiger partial charge in [0.1, 0.15) is 12.6 Å². The van der Waals surface area contributed by atoms with Gasteiger partial charge in [0.2, 0.25) is 11.8 Å². The first kappa shape index (κ1) is 32.9. The first-order chi connectivity index (χ1) is 19.8. The minimum atomic E-state index is -4.80. The lowest BCUT2D eigenvalue weighted by atomic mass is 10.1. The Kier molecular flexibility index (Phi) is 11.0. The molecule has 3 rings (SSSR count). The second kappa shape index (κ2) is 14.1. The number of carbonyl (C=O) groups excluding carboxylic acids is 2. The van der Waals surface area contributed by atoms with Gasteiger partial charge in [-0.05, 0) is 55.7 Å². The molecule has 0 bridgehead atoms. The molecule has 0 aliphatic heterocycles. The lowest BCUT2D eigenvalue weighted by Gasteiger charge is -2.34. The number of halogens is 4. The molecule has 2 atom stereocenters. The van der Waals surface area contributed by atoms with E-state index in [2.05, 4.69) is 5.32 Å². The third kappa shape index (κ3) is 8.04. The third-order valence-electron chi connectivity index (χ3n) is 6.73. The normalized spacial score (nSPS) is 13.2. The molecule has 0 heterocycles. The molecule has 0 fully saturated rings. The van der Waals surface area contributed by atoms with Crippen molar-refractivity contribution < 1.29 is 31.2 Å². The van der Waals surface area contributed by atoms with E-state index < -0.39 is 51.9 Å². The molecule has 0 radical (unpaired) electrons. The minimum Gasteiger partial charge on any atom is -0.352 e. The van der Waals surface area contributed by atoms with Crippen LogP contribution in [0.4, 0.5) is 18.9 Å². The quantitative estimate of drug-likeness (QED) is 0.257. The summed E-state index contributed by atoms with van der Waals surface area (Å²) in [5.41, 5.74) is -0.973. The Bertz CT molecular complexity index is 1470. The average Bonchev–Trinajstić information content (AvgIpc) is 2.96. The van der Waals surface area contributed by atoms with E-state index in [0.29, 0.717) is 22.4 Å². The molecule has 0 aliphatic carbocycles. The van der Waals surface area contributed by atoms with E-state index in [1.165, 1.54) is 29.2 Å². The molecule has 0 spiro atoms. The summed E-state index contributed by atoms with van der Waals surface area (Å²) in [7, 11) is -4.58. The van der Waals surface area contributed by atoms with Crippen LogP contribution in [0.15, 0.2) is 83.8 Å². The molecule has 3 aromatic carbocycles. The third-order valence-corrected chi connectivity index (χ3v) is 8.83. The largest absolute Gasteiger partial charge is 0.416 e. The van der Waals surface area contributed by atoms with Crippen LogP contribution in [0, 0.1) is 0 Å². The van der Waals surface area contributed by atoms with Crippen molar-refractivity contribution in [2.45, 2.75) is 63.3 Å². The van der Waals surface area contributed by atoms with E-state index in [4.69, 9.17) is 11.6 Å². The number of nitrogens with one attached hydrogen (secondary N) is 1. The fourth-order valence-corrected chi connectivity index (χ4v) is 5.97. The van der Waals surface area contributed by atoms with E-state index in [0.717, 1.165) is 12.1 Å². The molecule has 0 aromatic heterocycles. The van der Waals surface area contributed by atoms with Gasteiger partial charge in [0, 0.05) is 12.6 Å². The molecule has 0 saturated carbocycles. The first-order valence-electron chi connectivity index (χ1n) is 13.4. The predicted molar refractivity (Wildman–Crippen MR) is 156 cm³/mol. The molecule has 3 aromatic rings. The molecule has 1 N–H and O–H groups in total. The van der Waals surface area contributed by atoms with Gasteiger partial charge in [-0.15, -0.1) is 0 Å². The summed E-state index contributed by atoms with van der Waals surface area (Å²) in [6.07, 6.45) is -3.95. The number of hydrogen-bond acceptors (Lipinski definition) is 4. The molecule has 0 aliphatic rings. The zero-order valence-corrected chi connectivity index (χ0v) is 25.0. The lowest BCUT2D eigenvalue weighted by molar-refractivity contribution is -0.140. The topological polar surface area (TPSA) is 86.8 Å². The molecule has 226 valence electrons. The molecular formula is C30H33ClF3N3O4S. The maximum absolute atomic E-state index is 14.0. The van der Waals surface area contributed by atoms with Crippen molar-refractivity contribution >= 4 is 39.1 Å². The van der Waals surface area contributed by atoms with Crippen LogP contribution < -0.4 is 9.62 Å². The number of carbonyl (C=O) groups is 2. The number of rotatable bonds is 12. The second-order valence-corrected chi connectivity index (χ2v) is 12.0. The average molecular weight is 624 g/mol. The summed E-state index contributed by atoms with van der Waals surface area (Å²) in [5, 5.41) is 2.57. The van der Waals surface area contributed by atoms with E-state index in [1.807, 2.05) is 13.8 Å². The van der Waals surface area contributed by atoms with Crippen molar-refractivity contribution in [3.8, 4) is 0 Å². The Morgan fingerprint density at radius 2 is 1.52 bits per heavy atom. The van der Waals surface area contributed by atoms with Gasteiger partial charge in [0.05, 0.1) is 21.2 Å². The van der Waals surface area contributed by atoms with Crippen LogP contribution in [0.5, 0.6) is 0 Å². The fourth-order valence-electron chi connectivity index (χ4n) is 4.25. The van der Waals surface area contributed by atoms with Crippen molar-refractivity contribution in [1.82, 2.24) is 10.2 Å². The highest BCUT2D eigenvalue weighted by molar-refractivity contribution is 7.92. The lowest BCUT2D eigenvalue weighted by Crippen LogP contribution is -2.53. The number of nitrogens with zero attached hydrogens (tertiary/aromatic N) is 2. The van der Waals surface area contributed by atoms with Crippen LogP contribution in [0.25, 0.3) is 0 Å².